The van der Waals surface area contributed by atoms with Crippen LogP contribution in [0.4, 0.5) is 0 Å². The molecule has 6 atom stereocenters. The van der Waals surface area contributed by atoms with Crippen LogP contribution < -0.4 is 0 Å². The van der Waals surface area contributed by atoms with Gasteiger partial charge in [-0.1, -0.05) is 12.1 Å². The summed E-state index contributed by atoms with van der Waals surface area (Å²) in [6.45, 7) is -1.30. The maximum Gasteiger partial charge on any atom is 0.201 e. The quantitative estimate of drug-likeness (QED) is 0.274. The van der Waals surface area contributed by atoms with Crippen molar-refractivity contribution in [2.45, 2.75) is 42.7 Å². The van der Waals surface area contributed by atoms with E-state index in [9.17, 15) is 45.6 Å². The molecule has 2 aromatic carbocycles. The van der Waals surface area contributed by atoms with Gasteiger partial charge >= 0.3 is 0 Å². The normalized spacial score (nSPS) is 32.5. The summed E-state index contributed by atoms with van der Waals surface area (Å²) in [5.74, 6) is -1.88. The Kier molecular flexibility index (Phi) is 5.26. The second kappa shape index (κ2) is 7.53. The Morgan fingerprint density at radius 3 is 2.23 bits per heavy atom. The molecular formula is C21H22O10. The SMILES string of the molecule is O=C1c2c(O)cccc2[C@](O)([C@H]2O[C@@H](CO)[C@@H](O)[C@@H](O)[C@H]2O)c2cc(CO)cc(O)c21. The molecule has 0 amide bonds. The van der Waals surface area contributed by atoms with Gasteiger partial charge in [0.15, 0.2) is 0 Å². The number of hydrogen-bond donors (Lipinski definition) is 8. The molecule has 4 rings (SSSR count). The molecule has 166 valence electrons. The van der Waals surface area contributed by atoms with Crippen molar-refractivity contribution < 1.29 is 50.4 Å². The standard InChI is InChI=1S/C21H22O10/c22-6-8-4-10-15(12(25)5-8)17(27)14-9(2-1-3-11(14)24)21(10,30)20-19(29)18(28)16(26)13(7-23)31-20/h1-5,13,16,18-20,22-26,28-30H,6-7H2/t13-,16+,18+,19+,20-,21+/m0/s1. The van der Waals surface area contributed by atoms with Gasteiger partial charge in [-0.2, -0.15) is 0 Å². The first-order chi connectivity index (χ1) is 14.7. The highest BCUT2D eigenvalue weighted by Crippen LogP contribution is 2.50. The largest absolute Gasteiger partial charge is 0.507 e. The summed E-state index contributed by atoms with van der Waals surface area (Å²) in [6.07, 6.45) is -8.49. The lowest BCUT2D eigenvalue weighted by Gasteiger charge is -2.49. The van der Waals surface area contributed by atoms with Gasteiger partial charge in [0.1, 0.15) is 47.6 Å². The first-order valence-electron chi connectivity index (χ1n) is 9.54. The van der Waals surface area contributed by atoms with Gasteiger partial charge < -0.3 is 45.6 Å². The third kappa shape index (κ3) is 2.96. The molecule has 2 aliphatic rings. The van der Waals surface area contributed by atoms with E-state index in [1.54, 1.807) is 0 Å². The lowest BCUT2D eigenvalue weighted by atomic mass is 9.68. The molecule has 0 radical (unpaired) electrons. The van der Waals surface area contributed by atoms with Crippen molar-refractivity contribution in [3.05, 3.63) is 58.1 Å². The minimum atomic E-state index is -2.42. The van der Waals surface area contributed by atoms with E-state index in [0.29, 0.717) is 0 Å². The summed E-state index contributed by atoms with van der Waals surface area (Å²) >= 11 is 0. The molecular weight excluding hydrogens is 412 g/mol. The number of phenols is 2. The number of phenolic OH excluding ortho intramolecular Hbond substituents is 2. The number of hydrogen-bond acceptors (Lipinski definition) is 10. The summed E-state index contributed by atoms with van der Waals surface area (Å²) in [6, 6.07) is 6.21. The Balaban J connectivity index is 2.04. The smallest absolute Gasteiger partial charge is 0.201 e. The van der Waals surface area contributed by atoms with E-state index in [4.69, 9.17) is 4.74 Å². The molecule has 1 aliphatic carbocycles. The van der Waals surface area contributed by atoms with Gasteiger partial charge in [0.05, 0.1) is 24.3 Å². The number of aliphatic hydroxyl groups excluding tert-OH is 5. The van der Waals surface area contributed by atoms with Gasteiger partial charge in [-0.15, -0.1) is 0 Å². The van der Waals surface area contributed by atoms with E-state index < -0.39 is 66.6 Å². The van der Waals surface area contributed by atoms with Crippen molar-refractivity contribution in [1.82, 2.24) is 0 Å². The van der Waals surface area contributed by atoms with Crippen LogP contribution in [0.3, 0.4) is 0 Å². The number of aliphatic hydroxyl groups is 6. The molecule has 1 heterocycles. The number of rotatable bonds is 3. The van der Waals surface area contributed by atoms with Crippen LogP contribution in [0.1, 0.15) is 32.6 Å². The summed E-state index contributed by atoms with van der Waals surface area (Å²) in [7, 11) is 0. The number of carbonyl (C=O) groups is 1. The third-order valence-corrected chi connectivity index (χ3v) is 5.98. The molecule has 0 spiro atoms. The van der Waals surface area contributed by atoms with E-state index in [1.807, 2.05) is 0 Å². The van der Waals surface area contributed by atoms with Crippen LogP contribution in [0.25, 0.3) is 0 Å². The van der Waals surface area contributed by atoms with Crippen molar-refractivity contribution in [1.29, 1.82) is 0 Å². The maximum atomic E-state index is 13.1. The Bertz CT molecular complexity index is 1040. The zero-order valence-electron chi connectivity index (χ0n) is 16.1. The molecule has 0 aromatic heterocycles. The van der Waals surface area contributed by atoms with Gasteiger partial charge in [-0.25, -0.2) is 0 Å². The van der Waals surface area contributed by atoms with Gasteiger partial charge in [0, 0.05) is 11.1 Å². The molecule has 0 unspecified atom stereocenters. The number of ether oxygens (including phenoxy) is 1. The van der Waals surface area contributed by atoms with E-state index in [-0.39, 0.29) is 27.8 Å². The lowest BCUT2D eigenvalue weighted by molar-refractivity contribution is -0.265. The average Bonchev–Trinajstić information content (AvgIpc) is 2.75. The number of carbonyl (C=O) groups excluding carboxylic acids is 1. The van der Waals surface area contributed by atoms with Crippen LogP contribution in [0.15, 0.2) is 30.3 Å². The molecule has 10 nitrogen and oxygen atoms in total. The Labute approximate surface area is 175 Å². The lowest BCUT2D eigenvalue weighted by Crippen LogP contribution is -2.65. The maximum absolute atomic E-state index is 13.1. The van der Waals surface area contributed by atoms with Crippen molar-refractivity contribution in [3.8, 4) is 11.5 Å². The summed E-state index contributed by atoms with van der Waals surface area (Å²) in [5, 5.41) is 83.0. The molecule has 31 heavy (non-hydrogen) atoms. The predicted octanol–water partition coefficient (Wildman–Crippen LogP) is -1.79. The van der Waals surface area contributed by atoms with E-state index >= 15 is 0 Å². The molecule has 2 aromatic rings. The number of aromatic hydroxyl groups is 2. The molecule has 1 saturated heterocycles. The summed E-state index contributed by atoms with van der Waals surface area (Å²) in [5.41, 5.74) is -3.43. The van der Waals surface area contributed by atoms with Gasteiger partial charge in [-0.3, -0.25) is 4.79 Å². The molecule has 0 saturated carbocycles. The molecule has 1 fully saturated rings. The fraction of sp³-hybridized carbons (Fsp3) is 0.381. The molecule has 1 aliphatic heterocycles. The molecule has 0 bridgehead atoms. The second-order valence-electron chi connectivity index (χ2n) is 7.74. The van der Waals surface area contributed by atoms with Gasteiger partial charge in [0.2, 0.25) is 5.78 Å². The van der Waals surface area contributed by atoms with Crippen molar-refractivity contribution >= 4 is 5.78 Å². The van der Waals surface area contributed by atoms with Crippen molar-refractivity contribution in [3.63, 3.8) is 0 Å². The average molecular weight is 434 g/mol. The van der Waals surface area contributed by atoms with E-state index in [1.165, 1.54) is 24.3 Å². The summed E-state index contributed by atoms with van der Waals surface area (Å²) < 4.78 is 5.58. The number of fused-ring (bicyclic) bond motifs is 2. The van der Waals surface area contributed by atoms with Crippen LogP contribution >= 0.6 is 0 Å². The van der Waals surface area contributed by atoms with E-state index in [0.717, 1.165) is 6.07 Å². The zero-order chi connectivity index (χ0) is 22.7. The van der Waals surface area contributed by atoms with Crippen LogP contribution in [0.2, 0.25) is 0 Å². The van der Waals surface area contributed by atoms with Crippen molar-refractivity contribution in [2.24, 2.45) is 0 Å². The molecule has 8 N–H and O–H groups in total. The molecule has 10 heteroatoms. The Morgan fingerprint density at radius 1 is 0.903 bits per heavy atom. The zero-order valence-corrected chi connectivity index (χ0v) is 16.1. The van der Waals surface area contributed by atoms with Gasteiger partial charge in [0.25, 0.3) is 0 Å². The first kappa shape index (κ1) is 21.7. The minimum absolute atomic E-state index is 0.135. The third-order valence-electron chi connectivity index (χ3n) is 5.98. The minimum Gasteiger partial charge on any atom is -0.507 e. The number of benzene rings is 2. The van der Waals surface area contributed by atoms with Gasteiger partial charge in [-0.05, 0) is 23.8 Å². The van der Waals surface area contributed by atoms with Crippen LogP contribution in [-0.4, -0.2) is 83.8 Å². The first-order valence-corrected chi connectivity index (χ1v) is 9.54. The fourth-order valence-corrected chi connectivity index (χ4v) is 4.44. The highest BCUT2D eigenvalue weighted by molar-refractivity contribution is 6.16. The van der Waals surface area contributed by atoms with E-state index in [2.05, 4.69) is 0 Å². The highest BCUT2D eigenvalue weighted by Gasteiger charge is 2.57. The van der Waals surface area contributed by atoms with Crippen LogP contribution in [-0.2, 0) is 16.9 Å². The van der Waals surface area contributed by atoms with Crippen molar-refractivity contribution in [2.75, 3.05) is 6.61 Å². The Morgan fingerprint density at radius 2 is 1.58 bits per heavy atom. The topological polar surface area (TPSA) is 188 Å². The predicted molar refractivity (Wildman–Crippen MR) is 102 cm³/mol. The second-order valence-corrected chi connectivity index (χ2v) is 7.74. The fourth-order valence-electron chi connectivity index (χ4n) is 4.44. The Hall–Kier alpha value is -2.57. The van der Waals surface area contributed by atoms with Crippen LogP contribution in [0, 0.1) is 0 Å². The highest BCUT2D eigenvalue weighted by atomic mass is 16.6. The van der Waals surface area contributed by atoms with Crippen LogP contribution in [0.5, 0.6) is 11.5 Å². The number of ketones is 1. The summed E-state index contributed by atoms with van der Waals surface area (Å²) in [4.78, 5) is 13.1. The monoisotopic (exact) mass is 434 g/mol.